The van der Waals surface area contributed by atoms with Gasteiger partial charge in [-0.05, 0) is 18.4 Å². The molecule has 1 aromatic carbocycles. The van der Waals surface area contributed by atoms with Crippen LogP contribution in [0.5, 0.6) is 0 Å². The van der Waals surface area contributed by atoms with Crippen molar-refractivity contribution >= 4 is 5.97 Å². The van der Waals surface area contributed by atoms with Crippen molar-refractivity contribution in [2.75, 3.05) is 6.54 Å². The van der Waals surface area contributed by atoms with Gasteiger partial charge in [0.05, 0.1) is 5.92 Å². The molecule has 3 nitrogen and oxygen atoms in total. The summed E-state index contributed by atoms with van der Waals surface area (Å²) in [6.45, 7) is 1.38. The fourth-order valence-electron chi connectivity index (χ4n) is 2.95. The Morgan fingerprint density at radius 3 is 2.83 bits per heavy atom. The molecule has 1 spiro atoms. The Bertz CT molecular complexity index is 425. The molecule has 96 valence electrons. The van der Waals surface area contributed by atoms with Crippen LogP contribution >= 0.6 is 0 Å². The van der Waals surface area contributed by atoms with E-state index in [1.165, 1.54) is 6.42 Å². The lowest BCUT2D eigenvalue weighted by molar-refractivity contribution is -0.152. The summed E-state index contributed by atoms with van der Waals surface area (Å²) in [6.07, 6.45) is 4.47. The highest BCUT2D eigenvalue weighted by atomic mass is 16.5. The summed E-state index contributed by atoms with van der Waals surface area (Å²) in [4.78, 5) is 12.2. The molecule has 2 fully saturated rings. The molecular formula is C15H19NO2. The molecule has 18 heavy (non-hydrogen) atoms. The summed E-state index contributed by atoms with van der Waals surface area (Å²) in [5, 5.41) is 3.38. The van der Waals surface area contributed by atoms with Gasteiger partial charge >= 0.3 is 5.97 Å². The van der Waals surface area contributed by atoms with Crippen molar-refractivity contribution in [2.45, 2.75) is 37.8 Å². The molecule has 2 aliphatic rings. The summed E-state index contributed by atoms with van der Waals surface area (Å²) in [6, 6.07) is 9.87. The molecule has 1 saturated carbocycles. The normalized spacial score (nSPS) is 30.1. The number of rotatable bonds is 3. The van der Waals surface area contributed by atoms with Crippen LogP contribution in [-0.4, -0.2) is 18.1 Å². The van der Waals surface area contributed by atoms with Crippen LogP contribution in [0.3, 0.4) is 0 Å². The Labute approximate surface area is 108 Å². The van der Waals surface area contributed by atoms with Gasteiger partial charge < -0.3 is 10.1 Å². The van der Waals surface area contributed by atoms with Crippen LogP contribution in [0, 0.1) is 5.92 Å². The molecule has 0 radical (unpaired) electrons. The average molecular weight is 245 g/mol. The van der Waals surface area contributed by atoms with Gasteiger partial charge in [-0.15, -0.1) is 0 Å². The zero-order valence-electron chi connectivity index (χ0n) is 10.5. The van der Waals surface area contributed by atoms with Crippen molar-refractivity contribution in [3.05, 3.63) is 35.9 Å². The van der Waals surface area contributed by atoms with Crippen LogP contribution in [0.25, 0.3) is 0 Å². The number of ether oxygens (including phenoxy) is 1. The van der Waals surface area contributed by atoms with Gasteiger partial charge in [0, 0.05) is 12.1 Å². The first-order chi connectivity index (χ1) is 8.80. The molecule has 0 bridgehead atoms. The van der Waals surface area contributed by atoms with Crippen LogP contribution in [0.4, 0.5) is 0 Å². The largest absolute Gasteiger partial charge is 0.461 e. The molecule has 1 aliphatic heterocycles. The maximum absolute atomic E-state index is 12.2. The van der Waals surface area contributed by atoms with Crippen LogP contribution in [0.15, 0.2) is 30.3 Å². The van der Waals surface area contributed by atoms with Gasteiger partial charge in [-0.1, -0.05) is 43.2 Å². The topological polar surface area (TPSA) is 48.2 Å². The summed E-state index contributed by atoms with van der Waals surface area (Å²) in [5.74, 6) is 0.0403. The summed E-state index contributed by atoms with van der Waals surface area (Å²) >= 11 is 0. The quantitative estimate of drug-likeness (QED) is 0.656. The minimum Gasteiger partial charge on any atom is -0.461 e. The second-order valence-electron chi connectivity index (χ2n) is 5.40. The Kier molecular flexibility index (Phi) is 3.08. The van der Waals surface area contributed by atoms with Crippen LogP contribution in [0.2, 0.25) is 0 Å². The highest BCUT2D eigenvalue weighted by Crippen LogP contribution is 2.41. The van der Waals surface area contributed by atoms with Crippen molar-refractivity contribution < 1.29 is 9.53 Å². The smallest absolute Gasteiger partial charge is 0.311 e. The molecule has 3 heteroatoms. The van der Waals surface area contributed by atoms with Gasteiger partial charge in [0.15, 0.2) is 0 Å². The average Bonchev–Trinajstić information content (AvgIpc) is 3.18. The SMILES string of the molecule is O=C(OCc1ccccc1)C1CCCCC12CN2. The lowest BCUT2D eigenvalue weighted by Gasteiger charge is -2.28. The number of carbonyl (C=O) groups is 1. The lowest BCUT2D eigenvalue weighted by atomic mass is 9.79. The zero-order valence-corrected chi connectivity index (χ0v) is 10.5. The summed E-state index contributed by atoms with van der Waals surface area (Å²) in [5.41, 5.74) is 1.14. The minimum absolute atomic E-state index is 0.0245. The minimum atomic E-state index is -0.0245. The van der Waals surface area contributed by atoms with Gasteiger partial charge in [0.25, 0.3) is 0 Å². The van der Waals surface area contributed by atoms with E-state index in [-0.39, 0.29) is 17.4 Å². The molecule has 1 N–H and O–H groups in total. The fraction of sp³-hybridized carbons (Fsp3) is 0.533. The predicted molar refractivity (Wildman–Crippen MR) is 68.9 cm³/mol. The van der Waals surface area contributed by atoms with E-state index in [9.17, 15) is 4.79 Å². The molecule has 0 aromatic heterocycles. The number of nitrogens with one attached hydrogen (secondary N) is 1. The first-order valence-corrected chi connectivity index (χ1v) is 6.76. The van der Waals surface area contributed by atoms with Crippen molar-refractivity contribution in [1.29, 1.82) is 0 Å². The Morgan fingerprint density at radius 2 is 2.11 bits per heavy atom. The van der Waals surface area contributed by atoms with Crippen molar-refractivity contribution in [3.8, 4) is 0 Å². The second kappa shape index (κ2) is 4.73. The Morgan fingerprint density at radius 1 is 1.33 bits per heavy atom. The van der Waals surface area contributed by atoms with Crippen LogP contribution in [-0.2, 0) is 16.1 Å². The van der Waals surface area contributed by atoms with E-state index in [2.05, 4.69) is 5.32 Å². The third kappa shape index (κ3) is 2.27. The van der Waals surface area contributed by atoms with Gasteiger partial charge in [0.2, 0.25) is 0 Å². The molecule has 1 saturated heterocycles. The Hall–Kier alpha value is -1.35. The maximum Gasteiger partial charge on any atom is 0.311 e. The molecule has 3 rings (SSSR count). The van der Waals surface area contributed by atoms with E-state index in [1.807, 2.05) is 30.3 Å². The van der Waals surface area contributed by atoms with Crippen molar-refractivity contribution in [3.63, 3.8) is 0 Å². The van der Waals surface area contributed by atoms with Gasteiger partial charge in [-0.25, -0.2) is 0 Å². The summed E-state index contributed by atoms with van der Waals surface area (Å²) in [7, 11) is 0. The molecule has 0 amide bonds. The van der Waals surface area contributed by atoms with Crippen LogP contribution in [0.1, 0.15) is 31.2 Å². The standard InChI is InChI=1S/C15H19NO2/c17-14(18-10-12-6-2-1-3-7-12)13-8-4-5-9-15(13)11-16-15/h1-3,6-7,13,16H,4-5,8-11H2. The van der Waals surface area contributed by atoms with Crippen LogP contribution < -0.4 is 5.32 Å². The van der Waals surface area contributed by atoms with E-state index in [4.69, 9.17) is 4.74 Å². The highest BCUT2D eigenvalue weighted by Gasteiger charge is 2.53. The zero-order chi connectivity index (χ0) is 12.4. The van der Waals surface area contributed by atoms with E-state index < -0.39 is 0 Å². The predicted octanol–water partition coefficient (Wildman–Crippen LogP) is 2.26. The molecular weight excluding hydrogens is 226 g/mol. The van der Waals surface area contributed by atoms with E-state index >= 15 is 0 Å². The Balaban J connectivity index is 1.58. The summed E-state index contributed by atoms with van der Waals surface area (Å²) < 4.78 is 5.46. The number of esters is 1. The van der Waals surface area contributed by atoms with E-state index in [0.717, 1.165) is 31.4 Å². The lowest BCUT2D eigenvalue weighted by Crippen LogP contribution is -2.38. The molecule has 1 heterocycles. The number of carbonyl (C=O) groups excluding carboxylic acids is 1. The fourth-order valence-corrected chi connectivity index (χ4v) is 2.95. The first kappa shape index (κ1) is 11.7. The molecule has 1 aliphatic carbocycles. The molecule has 2 unspecified atom stereocenters. The van der Waals surface area contributed by atoms with Gasteiger partial charge in [-0.3, -0.25) is 4.79 Å². The van der Waals surface area contributed by atoms with E-state index in [0.29, 0.717) is 6.61 Å². The third-order valence-corrected chi connectivity index (χ3v) is 4.17. The number of hydrogen-bond acceptors (Lipinski definition) is 3. The molecule has 1 aromatic rings. The highest BCUT2D eigenvalue weighted by molar-refractivity contribution is 5.75. The number of benzene rings is 1. The number of hydrogen-bond donors (Lipinski definition) is 1. The third-order valence-electron chi connectivity index (χ3n) is 4.17. The first-order valence-electron chi connectivity index (χ1n) is 6.76. The maximum atomic E-state index is 12.2. The van der Waals surface area contributed by atoms with Gasteiger partial charge in [-0.2, -0.15) is 0 Å². The van der Waals surface area contributed by atoms with Gasteiger partial charge in [0.1, 0.15) is 6.61 Å². The van der Waals surface area contributed by atoms with E-state index in [1.54, 1.807) is 0 Å². The monoisotopic (exact) mass is 245 g/mol. The second-order valence-corrected chi connectivity index (χ2v) is 5.40. The van der Waals surface area contributed by atoms with Crippen molar-refractivity contribution in [2.24, 2.45) is 5.92 Å². The van der Waals surface area contributed by atoms with Crippen molar-refractivity contribution in [1.82, 2.24) is 5.32 Å². The molecule has 2 atom stereocenters.